The minimum Gasteiger partial charge on any atom is -0.807 e. The summed E-state index contributed by atoms with van der Waals surface area (Å²) in [5, 5.41) is -0.157. The molecule has 0 aliphatic rings. The van der Waals surface area contributed by atoms with Crippen LogP contribution in [0.4, 0.5) is 0 Å². The van der Waals surface area contributed by atoms with Gasteiger partial charge in [0.2, 0.25) is 0 Å². The normalized spacial score (nSPS) is 9.19. The third kappa shape index (κ3) is 21.3. The smallest absolute Gasteiger partial charge is 0.0157 e. The fourth-order valence-electron chi connectivity index (χ4n) is 0.999. The number of rotatable bonds is 9. The molecular weight excluding hydrogens is 571 g/mol. The molecule has 0 heterocycles. The van der Waals surface area contributed by atoms with E-state index in [1.807, 2.05) is 0 Å². The van der Waals surface area contributed by atoms with Crippen LogP contribution in [0.5, 0.6) is 0 Å². The van der Waals surface area contributed by atoms with E-state index in [-0.39, 0.29) is 28.8 Å². The number of alkyl halides is 4. The molecule has 0 saturated carbocycles. The first-order valence-electron chi connectivity index (χ1n) is 7.74. The molecule has 0 saturated heterocycles. The molecule has 0 atom stereocenters. The van der Waals surface area contributed by atoms with Gasteiger partial charge in [-0.05, 0) is 12.9 Å². The van der Waals surface area contributed by atoms with Gasteiger partial charge >= 0.3 is 160 Å². The number of halogens is 4. The standard InChI is InChI=1S/C6H7O3P.4C2H3ClO2.2Al/c7-10(8,9)6-4-2-1-3-5-6;4*3-1-2(4)5;;/h1-5H,(H2,7,8,9);4*1H2,(H,4,5);;/q;;;;;2*+3/p-6. The molecule has 1 rings (SSSR count). The van der Waals surface area contributed by atoms with Crippen LogP contribution in [0.25, 0.3) is 0 Å². The van der Waals surface area contributed by atoms with Crippen molar-refractivity contribution in [3.05, 3.63) is 30.3 Å². The van der Waals surface area contributed by atoms with Crippen molar-refractivity contribution in [2.75, 3.05) is 23.5 Å². The Morgan fingerprint density at radius 2 is 0.969 bits per heavy atom. The molecule has 174 valence electrons. The largest absolute Gasteiger partial charge is 0.807 e. The molecule has 18 heteroatoms. The molecule has 1 aromatic rings. The van der Waals surface area contributed by atoms with Gasteiger partial charge in [0.1, 0.15) is 0 Å². The molecule has 0 aromatic heterocycles. The number of benzene rings is 1. The summed E-state index contributed by atoms with van der Waals surface area (Å²) in [5.74, 6) is -3.41. The van der Waals surface area contributed by atoms with Crippen LogP contribution in [0.2, 0.25) is 0 Å². The monoisotopic (exact) mass is 582 g/mol. The number of hydrogen-bond donors (Lipinski definition) is 0. The predicted molar refractivity (Wildman–Crippen MR) is 112 cm³/mol. The minimum absolute atomic E-state index is 0.157. The van der Waals surface area contributed by atoms with E-state index in [1.54, 1.807) is 6.07 Å². The number of carbonyl (C=O) groups excluding carboxylic acids is 4. The summed E-state index contributed by atoms with van der Waals surface area (Å²) in [5.41, 5.74) is 0. The van der Waals surface area contributed by atoms with Crippen molar-refractivity contribution in [2.24, 2.45) is 0 Å². The van der Waals surface area contributed by atoms with E-state index in [0.29, 0.717) is 0 Å². The van der Waals surface area contributed by atoms with Crippen molar-refractivity contribution >= 4 is 115 Å². The molecule has 0 fully saturated rings. The van der Waals surface area contributed by atoms with Crippen LogP contribution >= 0.6 is 54.0 Å². The van der Waals surface area contributed by atoms with Crippen LogP contribution < -0.4 is 15.1 Å². The molecule has 0 amide bonds. The van der Waals surface area contributed by atoms with E-state index in [9.17, 15) is 33.5 Å². The first-order chi connectivity index (χ1) is 15.0. The van der Waals surface area contributed by atoms with Gasteiger partial charge in [-0.3, -0.25) is 0 Å². The van der Waals surface area contributed by atoms with Gasteiger partial charge in [0.05, 0.1) is 0 Å². The quantitative estimate of drug-likeness (QED) is 0.207. The summed E-state index contributed by atoms with van der Waals surface area (Å²) in [6, 6.07) is 7.23. The molecule has 11 nitrogen and oxygen atoms in total. The van der Waals surface area contributed by atoms with Crippen molar-refractivity contribution in [1.82, 2.24) is 0 Å². The molecule has 1 aromatic carbocycles. The van der Waals surface area contributed by atoms with Gasteiger partial charge in [-0.1, -0.05) is 30.3 Å². The van der Waals surface area contributed by atoms with Crippen LogP contribution in [0.1, 0.15) is 0 Å². The topological polar surface area (TPSA) is 168 Å². The zero-order chi connectivity index (χ0) is 25.0. The predicted octanol–water partition coefficient (Wildman–Crippen LogP) is -0.605. The summed E-state index contributed by atoms with van der Waals surface area (Å²) in [6.45, 7) is 0. The maximum Gasteiger partial charge on any atom is -0.0157 e. The second-order valence-electron chi connectivity index (χ2n) is 4.52. The van der Waals surface area contributed by atoms with Crippen LogP contribution in [-0.2, 0) is 38.9 Å². The molecule has 0 bridgehead atoms. The zero-order valence-corrected chi connectivity index (χ0v) is 22.0. The van der Waals surface area contributed by atoms with Crippen LogP contribution in [-0.4, -0.2) is 79.2 Å². The maximum atomic E-state index is 10.3. The average molecular weight is 584 g/mol. The van der Waals surface area contributed by atoms with E-state index in [1.165, 1.54) is 24.3 Å². The van der Waals surface area contributed by atoms with Gasteiger partial charge in [0.25, 0.3) is 0 Å². The summed E-state index contributed by atoms with van der Waals surface area (Å²) >= 11 is 18.1. The Kier molecular flexibility index (Phi) is 22.1. The van der Waals surface area contributed by atoms with Crippen LogP contribution in [0, 0.1) is 0 Å². The van der Waals surface area contributed by atoms with E-state index >= 15 is 0 Å². The van der Waals surface area contributed by atoms with Gasteiger partial charge in [-0.25, -0.2) is 0 Å². The average Bonchev–Trinajstić information content (AvgIpc) is 2.79. The summed E-state index contributed by atoms with van der Waals surface area (Å²) in [7, 11) is -4.52. The molecule has 0 spiro atoms. The Balaban J connectivity index is 0. The second-order valence-corrected chi connectivity index (χ2v) is 8.43. The minimum atomic E-state index is -4.52. The van der Waals surface area contributed by atoms with Crippen molar-refractivity contribution in [3.63, 3.8) is 0 Å². The van der Waals surface area contributed by atoms with Crippen molar-refractivity contribution < 1.29 is 48.7 Å². The summed E-state index contributed by atoms with van der Waals surface area (Å²) in [6.07, 6.45) is 0. The fraction of sp³-hybridized carbons (Fsp3) is 0.286. The third-order valence-corrected chi connectivity index (χ3v) is 5.47. The summed E-state index contributed by atoms with van der Waals surface area (Å²) in [4.78, 5) is 61.9. The Morgan fingerprint density at radius 3 is 1.16 bits per heavy atom. The van der Waals surface area contributed by atoms with Gasteiger partial charge in [-0.2, -0.15) is 0 Å². The molecule has 0 N–H and O–H groups in total. The van der Waals surface area contributed by atoms with E-state index in [4.69, 9.17) is 46.4 Å². The first-order valence-corrected chi connectivity index (χ1v) is 13.3. The maximum absolute atomic E-state index is 10.3. The van der Waals surface area contributed by atoms with Crippen molar-refractivity contribution in [3.8, 4) is 0 Å². The van der Waals surface area contributed by atoms with Gasteiger partial charge in [-0.15, -0.1) is 0 Å². The zero-order valence-electron chi connectivity index (χ0n) is 15.8. The molecule has 0 aliphatic heterocycles. The fourth-order valence-corrected chi connectivity index (χ4v) is 3.07. The van der Waals surface area contributed by atoms with Crippen molar-refractivity contribution in [2.45, 2.75) is 0 Å². The molecular formula is C14H13Al2Cl4O11P. The van der Waals surface area contributed by atoms with Gasteiger partial charge in [0, 0.05) is 0 Å². The molecule has 0 unspecified atom stereocenters. The van der Waals surface area contributed by atoms with Crippen LogP contribution in [0.15, 0.2) is 30.3 Å². The van der Waals surface area contributed by atoms with E-state index < -0.39 is 63.2 Å². The molecule has 0 radical (unpaired) electrons. The first kappa shape index (κ1) is 33.6. The molecule has 0 aliphatic carbocycles. The number of hydrogen-bond acceptors (Lipinski definition) is 11. The Morgan fingerprint density at radius 1 is 0.688 bits per heavy atom. The van der Waals surface area contributed by atoms with Crippen LogP contribution in [0.3, 0.4) is 0 Å². The SMILES string of the molecule is O=C(CCl)[O][Al+][O]C(=O)CCl.O=C(CCl)[O][Al+][O]C(=O)CCl.O=P([O-])([O-])c1ccccc1. The second kappa shape index (κ2) is 21.0. The molecule has 32 heavy (non-hydrogen) atoms. The van der Waals surface area contributed by atoms with Gasteiger partial charge in [0.15, 0.2) is 0 Å². The Hall–Kier alpha value is -0.525. The Labute approximate surface area is 216 Å². The Bertz CT molecular complexity index is 685. The third-order valence-electron chi connectivity index (χ3n) is 2.23. The van der Waals surface area contributed by atoms with Crippen molar-refractivity contribution in [1.29, 1.82) is 0 Å². The van der Waals surface area contributed by atoms with Gasteiger partial charge < -0.3 is 14.4 Å². The summed E-state index contributed by atoms with van der Waals surface area (Å²) < 4.78 is 27.8. The number of carbonyl (C=O) groups is 4. The van der Waals surface area contributed by atoms with E-state index in [0.717, 1.165) is 0 Å². The van der Waals surface area contributed by atoms with E-state index in [2.05, 4.69) is 15.2 Å².